The van der Waals surface area contributed by atoms with Gasteiger partial charge >= 0.3 is 0 Å². The molecule has 0 saturated carbocycles. The van der Waals surface area contributed by atoms with E-state index in [2.05, 4.69) is 0 Å². The number of halogens is 4. The fourth-order valence-corrected chi connectivity index (χ4v) is 4.90. The molecule has 1 fully saturated rings. The lowest BCUT2D eigenvalue weighted by Gasteiger charge is -2.15. The standard InChI is InChI=1S/C26H19Cl3FNO4S/c1-2-34-22-11-16(10-20(29)24(22)35-14-15-6-8-17(27)9-7-15)12-23-25(32)31(26(33)36-23)13-18-19(28)4-3-5-21(18)30/h3-12H,2,13-14H2,1H3/b23-12+. The Morgan fingerprint density at radius 2 is 1.75 bits per heavy atom. The smallest absolute Gasteiger partial charge is 0.293 e. The van der Waals surface area contributed by atoms with Crippen molar-refractivity contribution in [3.63, 3.8) is 0 Å². The highest BCUT2D eigenvalue weighted by molar-refractivity contribution is 8.18. The average molecular weight is 567 g/mol. The van der Waals surface area contributed by atoms with E-state index >= 15 is 0 Å². The summed E-state index contributed by atoms with van der Waals surface area (Å²) < 4.78 is 25.8. The lowest BCUT2D eigenvalue weighted by atomic mass is 10.1. The van der Waals surface area contributed by atoms with E-state index in [4.69, 9.17) is 44.3 Å². The SMILES string of the molecule is CCOc1cc(/C=C2/SC(=O)N(Cc3c(F)cccc3Cl)C2=O)cc(Cl)c1OCc1ccc(Cl)cc1. The van der Waals surface area contributed by atoms with Gasteiger partial charge in [-0.15, -0.1) is 0 Å². The van der Waals surface area contributed by atoms with Gasteiger partial charge in [-0.05, 0) is 72.3 Å². The van der Waals surface area contributed by atoms with Gasteiger partial charge in [0, 0.05) is 15.6 Å². The van der Waals surface area contributed by atoms with E-state index in [1.807, 2.05) is 19.1 Å². The lowest BCUT2D eigenvalue weighted by Crippen LogP contribution is -2.28. The fourth-order valence-electron chi connectivity index (χ4n) is 3.44. The third kappa shape index (κ3) is 5.98. The van der Waals surface area contributed by atoms with Crippen molar-refractivity contribution < 1.29 is 23.5 Å². The molecule has 0 atom stereocenters. The predicted octanol–water partition coefficient (Wildman–Crippen LogP) is 8.00. The van der Waals surface area contributed by atoms with Gasteiger partial charge in [0.1, 0.15) is 12.4 Å². The van der Waals surface area contributed by atoms with Crippen molar-refractivity contribution in [3.8, 4) is 11.5 Å². The van der Waals surface area contributed by atoms with Crippen LogP contribution in [0.1, 0.15) is 23.6 Å². The van der Waals surface area contributed by atoms with Crippen LogP contribution in [-0.2, 0) is 17.9 Å². The van der Waals surface area contributed by atoms with Gasteiger partial charge in [0.25, 0.3) is 11.1 Å². The molecule has 2 amide bonds. The summed E-state index contributed by atoms with van der Waals surface area (Å²) in [6, 6.07) is 14.7. The number of carbonyl (C=O) groups excluding carboxylic acids is 2. The minimum atomic E-state index is -0.590. The van der Waals surface area contributed by atoms with Crippen molar-refractivity contribution in [2.24, 2.45) is 0 Å². The Morgan fingerprint density at radius 1 is 1.00 bits per heavy atom. The maximum atomic E-state index is 14.2. The van der Waals surface area contributed by atoms with Crippen molar-refractivity contribution in [1.29, 1.82) is 0 Å². The summed E-state index contributed by atoms with van der Waals surface area (Å²) in [4.78, 5) is 26.6. The number of carbonyl (C=O) groups is 2. The molecule has 1 heterocycles. The second-order valence-corrected chi connectivity index (χ2v) is 9.89. The Kier molecular flexibility index (Phi) is 8.46. The minimum Gasteiger partial charge on any atom is -0.490 e. The van der Waals surface area contributed by atoms with Crippen molar-refractivity contribution in [3.05, 3.63) is 97.1 Å². The van der Waals surface area contributed by atoms with Crippen LogP contribution < -0.4 is 9.47 Å². The van der Waals surface area contributed by atoms with Crippen LogP contribution in [0.2, 0.25) is 15.1 Å². The van der Waals surface area contributed by atoms with Crippen LogP contribution in [0.3, 0.4) is 0 Å². The topological polar surface area (TPSA) is 55.8 Å². The Balaban J connectivity index is 1.56. The third-order valence-corrected chi connectivity index (χ3v) is 6.97. The first-order valence-corrected chi connectivity index (χ1v) is 12.7. The highest BCUT2D eigenvalue weighted by Crippen LogP contribution is 2.40. The number of hydrogen-bond acceptors (Lipinski definition) is 5. The molecular formula is C26H19Cl3FNO4S. The highest BCUT2D eigenvalue weighted by atomic mass is 35.5. The zero-order valence-electron chi connectivity index (χ0n) is 18.9. The molecule has 0 spiro atoms. The summed E-state index contributed by atoms with van der Waals surface area (Å²) >= 11 is 19.2. The lowest BCUT2D eigenvalue weighted by molar-refractivity contribution is -0.123. The summed E-state index contributed by atoms with van der Waals surface area (Å²) in [6.07, 6.45) is 1.53. The molecule has 36 heavy (non-hydrogen) atoms. The molecule has 186 valence electrons. The molecule has 0 radical (unpaired) electrons. The number of nitrogens with zero attached hydrogens (tertiary/aromatic N) is 1. The first kappa shape index (κ1) is 26.4. The molecule has 0 bridgehead atoms. The van der Waals surface area contributed by atoms with Crippen molar-refractivity contribution >= 4 is 63.8 Å². The van der Waals surface area contributed by atoms with E-state index < -0.39 is 17.0 Å². The van der Waals surface area contributed by atoms with Gasteiger partial charge in [0.15, 0.2) is 11.5 Å². The third-order valence-electron chi connectivity index (χ3n) is 5.18. The van der Waals surface area contributed by atoms with Crippen LogP contribution in [0, 0.1) is 5.82 Å². The second-order valence-electron chi connectivity index (χ2n) is 7.65. The maximum Gasteiger partial charge on any atom is 0.293 e. The Hall–Kier alpha value is -2.71. The Labute approximate surface area is 226 Å². The van der Waals surface area contributed by atoms with Gasteiger partial charge in [-0.25, -0.2) is 4.39 Å². The number of hydrogen-bond donors (Lipinski definition) is 0. The largest absolute Gasteiger partial charge is 0.490 e. The molecule has 3 aromatic rings. The number of ether oxygens (including phenoxy) is 2. The minimum absolute atomic E-state index is 0.0755. The summed E-state index contributed by atoms with van der Waals surface area (Å²) in [7, 11) is 0. The van der Waals surface area contributed by atoms with E-state index in [0.29, 0.717) is 28.7 Å². The predicted molar refractivity (Wildman–Crippen MR) is 141 cm³/mol. The molecule has 5 nitrogen and oxygen atoms in total. The molecular weight excluding hydrogens is 548 g/mol. The molecule has 4 rings (SSSR count). The van der Waals surface area contributed by atoms with Gasteiger partial charge in [-0.3, -0.25) is 14.5 Å². The summed E-state index contributed by atoms with van der Waals surface area (Å²) in [5.41, 5.74) is 1.51. The van der Waals surface area contributed by atoms with Crippen LogP contribution in [0.25, 0.3) is 6.08 Å². The fraction of sp³-hybridized carbons (Fsp3) is 0.154. The molecule has 0 aromatic heterocycles. The average Bonchev–Trinajstić information content (AvgIpc) is 3.09. The summed E-state index contributed by atoms with van der Waals surface area (Å²) in [5, 5.41) is 0.515. The van der Waals surface area contributed by atoms with Crippen LogP contribution in [0.15, 0.2) is 59.5 Å². The zero-order chi connectivity index (χ0) is 25.8. The van der Waals surface area contributed by atoms with E-state index in [9.17, 15) is 14.0 Å². The normalized spacial score (nSPS) is 14.6. The van der Waals surface area contributed by atoms with Crippen LogP contribution >= 0.6 is 46.6 Å². The van der Waals surface area contributed by atoms with Gasteiger partial charge in [0.05, 0.1) is 23.1 Å². The van der Waals surface area contributed by atoms with Crippen molar-refractivity contribution in [2.75, 3.05) is 6.61 Å². The first-order chi connectivity index (χ1) is 17.3. The molecule has 1 saturated heterocycles. The Bertz CT molecular complexity index is 1330. The van der Waals surface area contributed by atoms with Gasteiger partial charge in [-0.2, -0.15) is 0 Å². The van der Waals surface area contributed by atoms with Crippen molar-refractivity contribution in [2.45, 2.75) is 20.1 Å². The van der Waals surface area contributed by atoms with Crippen LogP contribution in [-0.4, -0.2) is 22.7 Å². The number of imide groups is 1. The van der Waals surface area contributed by atoms with Crippen molar-refractivity contribution in [1.82, 2.24) is 4.90 Å². The second kappa shape index (κ2) is 11.6. The molecule has 3 aromatic carbocycles. The molecule has 10 heteroatoms. The quantitative estimate of drug-likeness (QED) is 0.259. The van der Waals surface area contributed by atoms with Gasteiger partial charge < -0.3 is 9.47 Å². The zero-order valence-corrected chi connectivity index (χ0v) is 22.0. The number of rotatable bonds is 8. The first-order valence-electron chi connectivity index (χ1n) is 10.8. The highest BCUT2D eigenvalue weighted by Gasteiger charge is 2.36. The molecule has 0 unspecified atom stereocenters. The van der Waals surface area contributed by atoms with E-state index in [0.717, 1.165) is 22.2 Å². The van der Waals surface area contributed by atoms with Crippen LogP contribution in [0.4, 0.5) is 9.18 Å². The Morgan fingerprint density at radius 3 is 2.44 bits per heavy atom. The molecule has 1 aliphatic rings. The van der Waals surface area contributed by atoms with Gasteiger partial charge in [-0.1, -0.05) is 53.0 Å². The van der Waals surface area contributed by atoms with Gasteiger partial charge in [0.2, 0.25) is 0 Å². The molecule has 1 aliphatic heterocycles. The number of thioether (sulfide) groups is 1. The summed E-state index contributed by atoms with van der Waals surface area (Å²) in [5.74, 6) is -0.398. The number of amides is 2. The van der Waals surface area contributed by atoms with E-state index in [1.54, 1.807) is 24.3 Å². The van der Waals surface area contributed by atoms with E-state index in [1.165, 1.54) is 24.3 Å². The summed E-state index contributed by atoms with van der Waals surface area (Å²) in [6.45, 7) is 2.16. The molecule has 0 aliphatic carbocycles. The monoisotopic (exact) mass is 565 g/mol. The van der Waals surface area contributed by atoms with Crippen LogP contribution in [0.5, 0.6) is 11.5 Å². The van der Waals surface area contributed by atoms with E-state index in [-0.39, 0.29) is 33.7 Å². The molecule has 0 N–H and O–H groups in total. The number of benzene rings is 3. The maximum absolute atomic E-state index is 14.2.